The van der Waals surface area contributed by atoms with Gasteiger partial charge in [0.1, 0.15) is 5.76 Å². The van der Waals surface area contributed by atoms with Gasteiger partial charge in [-0.25, -0.2) is 0 Å². The highest BCUT2D eigenvalue weighted by Crippen LogP contribution is 2.39. The Bertz CT molecular complexity index is 924. The van der Waals surface area contributed by atoms with E-state index in [0.29, 0.717) is 12.1 Å². The fourth-order valence-electron chi connectivity index (χ4n) is 3.77. The molecule has 1 amide bonds. The third kappa shape index (κ3) is 4.63. The minimum Gasteiger partial charge on any atom is -0.507 e. The van der Waals surface area contributed by atoms with Crippen molar-refractivity contribution in [1.82, 2.24) is 14.8 Å². The number of benzene rings is 1. The number of ketones is 1. The minimum atomic E-state index is -0.653. The Balaban J connectivity index is 2.00. The second-order valence-corrected chi connectivity index (χ2v) is 8.08. The molecule has 1 aliphatic heterocycles. The number of likely N-dealkylation sites (tertiary alicyclic amines) is 1. The zero-order chi connectivity index (χ0) is 21.7. The van der Waals surface area contributed by atoms with Crippen molar-refractivity contribution in [2.45, 2.75) is 26.3 Å². The first-order valence-electron chi connectivity index (χ1n) is 10.1. The summed E-state index contributed by atoms with van der Waals surface area (Å²) >= 11 is 3.43. The predicted octanol–water partition coefficient (Wildman–Crippen LogP) is 4.00. The lowest BCUT2D eigenvalue weighted by Gasteiger charge is -2.26. The van der Waals surface area contributed by atoms with Crippen LogP contribution in [0.5, 0.6) is 0 Å². The van der Waals surface area contributed by atoms with Gasteiger partial charge in [-0.05, 0) is 55.9 Å². The van der Waals surface area contributed by atoms with E-state index >= 15 is 0 Å². The van der Waals surface area contributed by atoms with Crippen molar-refractivity contribution < 1.29 is 14.7 Å². The number of carbonyl (C=O) groups excluding carboxylic acids is 2. The number of aliphatic hydroxyl groups is 1. The first-order valence-corrected chi connectivity index (χ1v) is 10.9. The highest BCUT2D eigenvalue weighted by atomic mass is 79.9. The van der Waals surface area contributed by atoms with E-state index in [4.69, 9.17) is 0 Å². The summed E-state index contributed by atoms with van der Waals surface area (Å²) in [5, 5.41) is 10.9. The molecule has 1 N–H and O–H groups in total. The molecule has 1 atom stereocenters. The molecule has 0 bridgehead atoms. The monoisotopic (exact) mass is 471 g/mol. The fourth-order valence-corrected chi connectivity index (χ4v) is 4.04. The van der Waals surface area contributed by atoms with E-state index in [2.05, 4.69) is 39.7 Å². The molecule has 1 fully saturated rings. The van der Waals surface area contributed by atoms with Gasteiger partial charge in [-0.2, -0.15) is 0 Å². The van der Waals surface area contributed by atoms with Crippen molar-refractivity contribution in [3.63, 3.8) is 0 Å². The van der Waals surface area contributed by atoms with E-state index in [1.165, 1.54) is 0 Å². The Kier molecular flexibility index (Phi) is 7.39. The zero-order valence-corrected chi connectivity index (χ0v) is 18.8. The number of Topliss-reactive ketones (excluding diaryl/α,β-unsaturated/α-hetero) is 1. The summed E-state index contributed by atoms with van der Waals surface area (Å²) in [5.41, 5.74) is 1.38. The smallest absolute Gasteiger partial charge is 0.295 e. The third-order valence-electron chi connectivity index (χ3n) is 5.45. The van der Waals surface area contributed by atoms with Crippen LogP contribution in [0.1, 0.15) is 37.4 Å². The molecule has 0 aliphatic carbocycles. The predicted molar refractivity (Wildman–Crippen MR) is 120 cm³/mol. The van der Waals surface area contributed by atoms with Gasteiger partial charge in [0.2, 0.25) is 0 Å². The van der Waals surface area contributed by atoms with E-state index in [1.54, 1.807) is 29.4 Å². The van der Waals surface area contributed by atoms with Crippen molar-refractivity contribution >= 4 is 33.4 Å². The van der Waals surface area contributed by atoms with Crippen LogP contribution in [0.25, 0.3) is 5.76 Å². The van der Waals surface area contributed by atoms with Crippen molar-refractivity contribution in [2.75, 3.05) is 26.2 Å². The van der Waals surface area contributed by atoms with Crippen LogP contribution in [0.3, 0.4) is 0 Å². The maximum absolute atomic E-state index is 12.9. The molecule has 1 aromatic carbocycles. The Hall–Kier alpha value is -2.51. The largest absolute Gasteiger partial charge is 0.507 e. The summed E-state index contributed by atoms with van der Waals surface area (Å²) in [5.74, 6) is -1.40. The highest BCUT2D eigenvalue weighted by Gasteiger charge is 2.45. The van der Waals surface area contributed by atoms with Gasteiger partial charge in [-0.1, -0.05) is 41.9 Å². The van der Waals surface area contributed by atoms with Crippen molar-refractivity contribution in [1.29, 1.82) is 0 Å². The van der Waals surface area contributed by atoms with Crippen LogP contribution in [-0.2, 0) is 9.59 Å². The number of hydrogen-bond acceptors (Lipinski definition) is 5. The lowest BCUT2D eigenvalue weighted by molar-refractivity contribution is -0.140. The molecule has 30 heavy (non-hydrogen) atoms. The Morgan fingerprint density at radius 3 is 2.33 bits per heavy atom. The number of amides is 1. The maximum Gasteiger partial charge on any atom is 0.295 e. The zero-order valence-electron chi connectivity index (χ0n) is 17.2. The van der Waals surface area contributed by atoms with Crippen LogP contribution in [0.15, 0.2) is 58.8 Å². The summed E-state index contributed by atoms with van der Waals surface area (Å²) in [6.45, 7) is 7.36. The van der Waals surface area contributed by atoms with Crippen LogP contribution in [0, 0.1) is 0 Å². The number of halogens is 1. The van der Waals surface area contributed by atoms with E-state index in [-0.39, 0.29) is 11.3 Å². The summed E-state index contributed by atoms with van der Waals surface area (Å²) in [6.07, 6.45) is 3.84. The second-order valence-electron chi connectivity index (χ2n) is 7.16. The molecule has 1 saturated heterocycles. The van der Waals surface area contributed by atoms with Crippen LogP contribution >= 0.6 is 15.9 Å². The molecule has 6 nitrogen and oxygen atoms in total. The number of carbonyl (C=O) groups is 2. The first kappa shape index (κ1) is 22.2. The van der Waals surface area contributed by atoms with Gasteiger partial charge in [-0.15, -0.1) is 0 Å². The van der Waals surface area contributed by atoms with E-state index in [0.717, 1.165) is 36.1 Å². The lowest BCUT2D eigenvalue weighted by atomic mass is 9.95. The molecule has 2 heterocycles. The SMILES string of the molecule is CCN(CC)CCCN1C(=O)C(=O)C(=C(O)c2ccncc2)C1c1ccc(Br)cc1. The standard InChI is InChI=1S/C23H26BrN3O3/c1-3-26(4-2)14-5-15-27-20(16-6-8-18(24)9-7-16)19(22(29)23(27)30)21(28)17-10-12-25-13-11-17/h6-13,20,28H,3-5,14-15H2,1-2H3. The average molecular weight is 472 g/mol. The fraction of sp³-hybridized carbons (Fsp3) is 0.348. The Morgan fingerprint density at radius 1 is 1.10 bits per heavy atom. The molecular formula is C23H26BrN3O3. The van der Waals surface area contributed by atoms with Crippen LogP contribution in [-0.4, -0.2) is 57.8 Å². The third-order valence-corrected chi connectivity index (χ3v) is 5.98. The number of aliphatic hydroxyl groups excluding tert-OH is 1. The molecule has 7 heteroatoms. The molecule has 1 unspecified atom stereocenters. The maximum atomic E-state index is 12.9. The second kappa shape index (κ2) is 10.00. The Labute approximate surface area is 185 Å². The van der Waals surface area contributed by atoms with Crippen molar-refractivity contribution in [3.8, 4) is 0 Å². The molecule has 158 valence electrons. The van der Waals surface area contributed by atoms with Gasteiger partial charge in [0, 0.05) is 29.0 Å². The van der Waals surface area contributed by atoms with E-state index in [9.17, 15) is 14.7 Å². The van der Waals surface area contributed by atoms with Gasteiger partial charge in [0.25, 0.3) is 11.7 Å². The Morgan fingerprint density at radius 2 is 1.73 bits per heavy atom. The number of rotatable bonds is 8. The topological polar surface area (TPSA) is 73.7 Å². The number of pyridine rings is 1. The quantitative estimate of drug-likeness (QED) is 0.357. The normalized spacial score (nSPS) is 18.4. The first-order chi connectivity index (χ1) is 14.5. The summed E-state index contributed by atoms with van der Waals surface area (Å²) < 4.78 is 0.902. The van der Waals surface area contributed by atoms with Gasteiger partial charge < -0.3 is 14.9 Å². The molecule has 0 radical (unpaired) electrons. The number of hydrogen-bond donors (Lipinski definition) is 1. The van der Waals surface area contributed by atoms with Crippen LogP contribution < -0.4 is 0 Å². The molecule has 1 aliphatic rings. The molecule has 2 aromatic rings. The highest BCUT2D eigenvalue weighted by molar-refractivity contribution is 9.10. The van der Waals surface area contributed by atoms with E-state index < -0.39 is 17.7 Å². The molecule has 3 rings (SSSR count). The lowest BCUT2D eigenvalue weighted by Crippen LogP contribution is -2.33. The van der Waals surface area contributed by atoms with Gasteiger partial charge in [0.15, 0.2) is 0 Å². The van der Waals surface area contributed by atoms with Crippen LogP contribution in [0.4, 0.5) is 0 Å². The van der Waals surface area contributed by atoms with Gasteiger partial charge >= 0.3 is 0 Å². The van der Waals surface area contributed by atoms with E-state index in [1.807, 2.05) is 24.3 Å². The molecule has 0 spiro atoms. The molecular weight excluding hydrogens is 446 g/mol. The summed E-state index contributed by atoms with van der Waals surface area (Å²) in [7, 11) is 0. The molecule has 1 aromatic heterocycles. The van der Waals surface area contributed by atoms with Crippen molar-refractivity contribution in [2.24, 2.45) is 0 Å². The number of aromatic nitrogens is 1. The number of nitrogens with zero attached hydrogens (tertiary/aromatic N) is 3. The molecule has 0 saturated carbocycles. The summed E-state index contributed by atoms with van der Waals surface area (Å²) in [4.78, 5) is 33.7. The average Bonchev–Trinajstić information content (AvgIpc) is 3.02. The van der Waals surface area contributed by atoms with Gasteiger partial charge in [0.05, 0.1) is 11.6 Å². The van der Waals surface area contributed by atoms with Crippen LogP contribution in [0.2, 0.25) is 0 Å². The minimum absolute atomic E-state index is 0.122. The van der Waals surface area contributed by atoms with Crippen molar-refractivity contribution in [3.05, 3.63) is 70.0 Å². The van der Waals surface area contributed by atoms with Gasteiger partial charge in [-0.3, -0.25) is 14.6 Å². The summed E-state index contributed by atoms with van der Waals surface area (Å²) in [6, 6.07) is 10.1.